The summed E-state index contributed by atoms with van der Waals surface area (Å²) in [6.07, 6.45) is 0.0214. The minimum absolute atomic E-state index is 0.0214. The average molecular weight is 284 g/mol. The van der Waals surface area contributed by atoms with Gasteiger partial charge in [-0.05, 0) is 12.1 Å². The van der Waals surface area contributed by atoms with Crippen LogP contribution in [0.4, 0.5) is 0 Å². The van der Waals surface area contributed by atoms with E-state index in [1.54, 1.807) is 12.1 Å². The van der Waals surface area contributed by atoms with Gasteiger partial charge in [0.25, 0.3) is 0 Å². The Bertz CT molecular complexity index is 565. The number of thiazole rings is 1. The van der Waals surface area contributed by atoms with Gasteiger partial charge in [-0.3, -0.25) is 4.79 Å². The summed E-state index contributed by atoms with van der Waals surface area (Å²) in [5, 5.41) is 10.9. The van der Waals surface area contributed by atoms with Gasteiger partial charge in [-0.2, -0.15) is 0 Å². The lowest BCUT2D eigenvalue weighted by Gasteiger charge is -1.95. The standard InChI is InChI=1S/C12H10ClNO3S/c1-17-10(15)6-9-11(16)14-12(18-9)7-2-4-8(13)5-3-7/h2-5,16H,6H2,1H3. The smallest absolute Gasteiger partial charge is 0.311 e. The molecule has 0 aliphatic rings. The molecular weight excluding hydrogens is 274 g/mol. The number of hydrogen-bond acceptors (Lipinski definition) is 5. The summed E-state index contributed by atoms with van der Waals surface area (Å²) in [7, 11) is 1.31. The molecule has 1 aromatic heterocycles. The molecule has 18 heavy (non-hydrogen) atoms. The number of hydrogen-bond donors (Lipinski definition) is 1. The van der Waals surface area contributed by atoms with Gasteiger partial charge in [0, 0.05) is 10.6 Å². The zero-order chi connectivity index (χ0) is 13.1. The molecule has 0 amide bonds. The summed E-state index contributed by atoms with van der Waals surface area (Å²) in [6, 6.07) is 7.11. The van der Waals surface area contributed by atoms with Crippen LogP contribution in [-0.4, -0.2) is 23.2 Å². The number of halogens is 1. The van der Waals surface area contributed by atoms with E-state index < -0.39 is 5.97 Å². The Kier molecular flexibility index (Phi) is 3.84. The maximum atomic E-state index is 11.2. The molecule has 2 rings (SSSR count). The number of ether oxygens (including phenoxy) is 1. The van der Waals surface area contributed by atoms with Crippen molar-refractivity contribution >= 4 is 28.9 Å². The molecule has 0 aliphatic heterocycles. The molecule has 0 unspecified atom stereocenters. The van der Waals surface area contributed by atoms with Crippen molar-refractivity contribution in [2.45, 2.75) is 6.42 Å². The monoisotopic (exact) mass is 283 g/mol. The third-order valence-electron chi connectivity index (χ3n) is 2.30. The minimum atomic E-state index is -0.406. The Morgan fingerprint density at radius 3 is 2.72 bits per heavy atom. The molecule has 94 valence electrons. The maximum Gasteiger partial charge on any atom is 0.311 e. The second kappa shape index (κ2) is 5.37. The van der Waals surface area contributed by atoms with Crippen LogP contribution in [-0.2, 0) is 16.0 Å². The summed E-state index contributed by atoms with van der Waals surface area (Å²) in [4.78, 5) is 15.7. The number of benzene rings is 1. The van der Waals surface area contributed by atoms with Gasteiger partial charge in [0.1, 0.15) is 5.01 Å². The van der Waals surface area contributed by atoms with E-state index in [0.717, 1.165) is 5.56 Å². The number of methoxy groups -OCH3 is 1. The molecule has 0 atom stereocenters. The third-order valence-corrected chi connectivity index (χ3v) is 3.65. The molecule has 0 spiro atoms. The second-order valence-corrected chi connectivity index (χ2v) is 5.05. The van der Waals surface area contributed by atoms with Gasteiger partial charge in [-0.15, -0.1) is 11.3 Å². The highest BCUT2D eigenvalue weighted by Crippen LogP contribution is 2.32. The first kappa shape index (κ1) is 12.9. The predicted octanol–water partition coefficient (Wildman–Crippen LogP) is 2.88. The topological polar surface area (TPSA) is 59.4 Å². The van der Waals surface area contributed by atoms with Crippen molar-refractivity contribution in [2.24, 2.45) is 0 Å². The van der Waals surface area contributed by atoms with Gasteiger partial charge in [-0.25, -0.2) is 4.98 Å². The van der Waals surface area contributed by atoms with Crippen LogP contribution in [0.1, 0.15) is 4.88 Å². The molecular formula is C12H10ClNO3S. The van der Waals surface area contributed by atoms with Crippen LogP contribution in [0.15, 0.2) is 24.3 Å². The second-order valence-electron chi connectivity index (χ2n) is 3.53. The van der Waals surface area contributed by atoms with Crippen molar-refractivity contribution in [3.8, 4) is 16.5 Å². The molecule has 4 nitrogen and oxygen atoms in total. The molecule has 2 aromatic rings. The number of aromatic nitrogens is 1. The number of nitrogens with zero attached hydrogens (tertiary/aromatic N) is 1. The lowest BCUT2D eigenvalue weighted by Crippen LogP contribution is -2.02. The van der Waals surface area contributed by atoms with E-state index in [1.165, 1.54) is 18.4 Å². The van der Waals surface area contributed by atoms with E-state index in [4.69, 9.17) is 11.6 Å². The van der Waals surface area contributed by atoms with E-state index in [1.807, 2.05) is 12.1 Å². The van der Waals surface area contributed by atoms with Gasteiger partial charge >= 0.3 is 5.97 Å². The fourth-order valence-electron chi connectivity index (χ4n) is 1.38. The highest BCUT2D eigenvalue weighted by Gasteiger charge is 2.15. The molecule has 0 fully saturated rings. The summed E-state index contributed by atoms with van der Waals surface area (Å²) in [5.41, 5.74) is 0.843. The van der Waals surface area contributed by atoms with E-state index >= 15 is 0 Å². The number of esters is 1. The van der Waals surface area contributed by atoms with Crippen LogP contribution >= 0.6 is 22.9 Å². The average Bonchev–Trinajstić information content (AvgIpc) is 2.71. The quantitative estimate of drug-likeness (QED) is 0.880. The van der Waals surface area contributed by atoms with Crippen LogP contribution < -0.4 is 0 Å². The van der Waals surface area contributed by atoms with Crippen LogP contribution in [0.5, 0.6) is 5.88 Å². The fourth-order valence-corrected chi connectivity index (χ4v) is 2.45. The first-order chi connectivity index (χ1) is 8.60. The van der Waals surface area contributed by atoms with Crippen molar-refractivity contribution in [3.63, 3.8) is 0 Å². The van der Waals surface area contributed by atoms with Gasteiger partial charge in [-0.1, -0.05) is 23.7 Å². The largest absolute Gasteiger partial charge is 0.492 e. The van der Waals surface area contributed by atoms with Gasteiger partial charge in [0.15, 0.2) is 0 Å². The first-order valence-electron chi connectivity index (χ1n) is 5.11. The molecule has 0 saturated carbocycles. The van der Waals surface area contributed by atoms with Gasteiger partial charge in [0.05, 0.1) is 18.4 Å². The Morgan fingerprint density at radius 2 is 2.11 bits per heavy atom. The highest BCUT2D eigenvalue weighted by atomic mass is 35.5. The van der Waals surface area contributed by atoms with Crippen LogP contribution in [0, 0.1) is 0 Å². The Labute approximate surface area is 113 Å². The summed E-state index contributed by atoms with van der Waals surface area (Å²) in [5.74, 6) is -0.535. The van der Waals surface area contributed by atoms with Gasteiger partial charge < -0.3 is 9.84 Å². The van der Waals surface area contributed by atoms with Crippen molar-refractivity contribution in [1.82, 2.24) is 4.98 Å². The molecule has 0 radical (unpaired) electrons. The molecule has 6 heteroatoms. The normalized spacial score (nSPS) is 10.3. The lowest BCUT2D eigenvalue weighted by atomic mass is 10.2. The van der Waals surface area contributed by atoms with Crippen molar-refractivity contribution in [1.29, 1.82) is 0 Å². The first-order valence-corrected chi connectivity index (χ1v) is 6.31. The summed E-state index contributed by atoms with van der Waals surface area (Å²) < 4.78 is 4.55. The minimum Gasteiger partial charge on any atom is -0.492 e. The van der Waals surface area contributed by atoms with E-state index in [-0.39, 0.29) is 12.3 Å². The fraction of sp³-hybridized carbons (Fsp3) is 0.167. The molecule has 1 heterocycles. The predicted molar refractivity (Wildman–Crippen MR) is 69.9 cm³/mol. The summed E-state index contributed by atoms with van der Waals surface area (Å²) >= 11 is 7.05. The Hall–Kier alpha value is -1.59. The number of aromatic hydroxyl groups is 1. The highest BCUT2D eigenvalue weighted by molar-refractivity contribution is 7.15. The van der Waals surface area contributed by atoms with Crippen molar-refractivity contribution in [2.75, 3.05) is 7.11 Å². The molecule has 1 aromatic carbocycles. The van der Waals surface area contributed by atoms with E-state index in [9.17, 15) is 9.90 Å². The summed E-state index contributed by atoms with van der Waals surface area (Å²) in [6.45, 7) is 0. The van der Waals surface area contributed by atoms with E-state index in [2.05, 4.69) is 9.72 Å². The van der Waals surface area contributed by atoms with E-state index in [0.29, 0.717) is 14.9 Å². The number of rotatable bonds is 3. The maximum absolute atomic E-state index is 11.2. The number of carbonyl (C=O) groups excluding carboxylic acids is 1. The SMILES string of the molecule is COC(=O)Cc1sc(-c2ccc(Cl)cc2)nc1O. The van der Waals surface area contributed by atoms with Gasteiger partial charge in [0.2, 0.25) is 5.88 Å². The number of carbonyl (C=O) groups is 1. The Balaban J connectivity index is 2.28. The third kappa shape index (κ3) is 2.80. The zero-order valence-corrected chi connectivity index (χ0v) is 11.1. The van der Waals surface area contributed by atoms with Crippen LogP contribution in [0.2, 0.25) is 5.02 Å². The Morgan fingerprint density at radius 1 is 1.44 bits per heavy atom. The van der Waals surface area contributed by atoms with Crippen molar-refractivity contribution in [3.05, 3.63) is 34.2 Å². The molecule has 0 bridgehead atoms. The molecule has 0 saturated heterocycles. The lowest BCUT2D eigenvalue weighted by molar-refractivity contribution is -0.139. The van der Waals surface area contributed by atoms with Crippen molar-refractivity contribution < 1.29 is 14.6 Å². The van der Waals surface area contributed by atoms with Crippen LogP contribution in [0.3, 0.4) is 0 Å². The molecule has 0 aliphatic carbocycles. The van der Waals surface area contributed by atoms with Crippen LogP contribution in [0.25, 0.3) is 10.6 Å². The zero-order valence-electron chi connectivity index (χ0n) is 9.51. The molecule has 1 N–H and O–H groups in total.